The molecule has 0 radical (unpaired) electrons. The SMILES string of the molecule is COc1cccc(/C(O)=C2\C(=O)C(=O)N(Cc3ccc(C(=O)O)cc3)C2c2ccccc2OC)c1. The van der Waals surface area contributed by atoms with Crippen molar-refractivity contribution >= 4 is 23.4 Å². The van der Waals surface area contributed by atoms with Crippen LogP contribution < -0.4 is 9.47 Å². The highest BCUT2D eigenvalue weighted by atomic mass is 16.5. The second-order valence-electron chi connectivity index (χ2n) is 7.90. The highest BCUT2D eigenvalue weighted by Crippen LogP contribution is 2.43. The summed E-state index contributed by atoms with van der Waals surface area (Å²) < 4.78 is 10.7. The molecule has 4 rings (SSSR count). The number of carboxylic acid groups (broad SMARTS) is 1. The quantitative estimate of drug-likeness (QED) is 0.303. The molecule has 0 aliphatic carbocycles. The molecule has 35 heavy (non-hydrogen) atoms. The van der Waals surface area contributed by atoms with Crippen molar-refractivity contribution in [2.24, 2.45) is 0 Å². The zero-order valence-corrected chi connectivity index (χ0v) is 19.1. The number of amides is 1. The largest absolute Gasteiger partial charge is 0.507 e. The van der Waals surface area contributed by atoms with Gasteiger partial charge >= 0.3 is 5.97 Å². The molecule has 0 aromatic heterocycles. The first-order chi connectivity index (χ1) is 16.8. The fraction of sp³-hybridized carbons (Fsp3) is 0.148. The van der Waals surface area contributed by atoms with Crippen molar-refractivity contribution in [3.8, 4) is 11.5 Å². The van der Waals surface area contributed by atoms with Crippen LogP contribution in [0.5, 0.6) is 11.5 Å². The van der Waals surface area contributed by atoms with E-state index < -0.39 is 23.7 Å². The van der Waals surface area contributed by atoms with Crippen LogP contribution in [0.4, 0.5) is 0 Å². The third-order valence-corrected chi connectivity index (χ3v) is 5.87. The highest BCUT2D eigenvalue weighted by molar-refractivity contribution is 6.46. The van der Waals surface area contributed by atoms with Crippen LogP contribution in [0.1, 0.15) is 33.1 Å². The number of Topliss-reactive ketones (excluding diaryl/α,β-unsaturated/α-hetero) is 1. The monoisotopic (exact) mass is 473 g/mol. The van der Waals surface area contributed by atoms with Crippen LogP contribution in [0.15, 0.2) is 78.4 Å². The Hall–Kier alpha value is -4.59. The van der Waals surface area contributed by atoms with Gasteiger partial charge in [-0.25, -0.2) is 4.79 Å². The predicted octanol–water partition coefficient (Wildman–Crippen LogP) is 4.02. The van der Waals surface area contributed by atoms with Crippen molar-refractivity contribution in [1.82, 2.24) is 4.90 Å². The van der Waals surface area contributed by atoms with Crippen LogP contribution in [0.25, 0.3) is 5.76 Å². The number of para-hydroxylation sites is 1. The minimum absolute atomic E-state index is 0.0160. The molecule has 8 heteroatoms. The summed E-state index contributed by atoms with van der Waals surface area (Å²) in [7, 11) is 2.97. The fourth-order valence-corrected chi connectivity index (χ4v) is 4.13. The molecule has 178 valence electrons. The molecule has 1 atom stereocenters. The van der Waals surface area contributed by atoms with Crippen molar-refractivity contribution < 1.29 is 34.1 Å². The topological polar surface area (TPSA) is 113 Å². The second kappa shape index (κ2) is 9.72. The first kappa shape index (κ1) is 23.6. The van der Waals surface area contributed by atoms with Crippen LogP contribution in [-0.4, -0.2) is 47.0 Å². The summed E-state index contributed by atoms with van der Waals surface area (Å²) in [6.45, 7) is 0.0160. The number of aliphatic hydroxyl groups excluding tert-OH is 1. The van der Waals surface area contributed by atoms with Gasteiger partial charge in [0, 0.05) is 17.7 Å². The van der Waals surface area contributed by atoms with Crippen LogP contribution in [0.3, 0.4) is 0 Å². The molecule has 2 N–H and O–H groups in total. The van der Waals surface area contributed by atoms with E-state index in [0.717, 1.165) is 0 Å². The molecule has 1 saturated heterocycles. The average Bonchev–Trinajstić information content (AvgIpc) is 3.13. The molecular formula is C27H23NO7. The van der Waals surface area contributed by atoms with Gasteiger partial charge in [0.2, 0.25) is 0 Å². The number of nitrogens with zero attached hydrogens (tertiary/aromatic N) is 1. The molecule has 1 aliphatic rings. The van der Waals surface area contributed by atoms with Gasteiger partial charge < -0.3 is 24.6 Å². The lowest BCUT2D eigenvalue weighted by molar-refractivity contribution is -0.140. The van der Waals surface area contributed by atoms with Gasteiger partial charge in [-0.2, -0.15) is 0 Å². The van der Waals surface area contributed by atoms with Gasteiger partial charge in [-0.05, 0) is 35.9 Å². The molecule has 3 aromatic carbocycles. The van der Waals surface area contributed by atoms with E-state index in [-0.39, 0.29) is 23.4 Å². The lowest BCUT2D eigenvalue weighted by Crippen LogP contribution is -2.29. The molecule has 1 unspecified atom stereocenters. The maximum Gasteiger partial charge on any atom is 0.335 e. The van der Waals surface area contributed by atoms with Gasteiger partial charge in [0.25, 0.3) is 11.7 Å². The number of carboxylic acids is 1. The molecule has 1 aliphatic heterocycles. The van der Waals surface area contributed by atoms with E-state index in [1.165, 1.54) is 31.3 Å². The Kier molecular flexibility index (Phi) is 6.55. The molecule has 1 heterocycles. The van der Waals surface area contributed by atoms with E-state index in [0.29, 0.717) is 28.2 Å². The molecule has 0 saturated carbocycles. The number of likely N-dealkylation sites (tertiary alicyclic amines) is 1. The second-order valence-corrected chi connectivity index (χ2v) is 7.90. The Morgan fingerprint density at radius 3 is 2.26 bits per heavy atom. The minimum Gasteiger partial charge on any atom is -0.507 e. The van der Waals surface area contributed by atoms with E-state index in [9.17, 15) is 19.5 Å². The summed E-state index contributed by atoms with van der Waals surface area (Å²) >= 11 is 0. The molecule has 8 nitrogen and oxygen atoms in total. The normalized spacial score (nSPS) is 16.9. The number of carbonyl (C=O) groups excluding carboxylic acids is 2. The molecule has 1 fully saturated rings. The molecule has 0 spiro atoms. The van der Waals surface area contributed by atoms with Crippen molar-refractivity contribution in [2.45, 2.75) is 12.6 Å². The summed E-state index contributed by atoms with van der Waals surface area (Å²) in [4.78, 5) is 39.0. The molecular weight excluding hydrogens is 450 g/mol. The summed E-state index contributed by atoms with van der Waals surface area (Å²) in [5.41, 5.74) is 1.51. The van der Waals surface area contributed by atoms with Gasteiger partial charge in [-0.3, -0.25) is 9.59 Å². The lowest BCUT2D eigenvalue weighted by Gasteiger charge is -2.26. The van der Waals surface area contributed by atoms with Gasteiger partial charge in [0.1, 0.15) is 17.3 Å². The Morgan fingerprint density at radius 1 is 0.886 bits per heavy atom. The maximum atomic E-state index is 13.2. The van der Waals surface area contributed by atoms with Crippen molar-refractivity contribution in [3.63, 3.8) is 0 Å². The van der Waals surface area contributed by atoms with E-state index in [2.05, 4.69) is 0 Å². The van der Waals surface area contributed by atoms with Crippen molar-refractivity contribution in [3.05, 3.63) is 101 Å². The average molecular weight is 473 g/mol. The van der Waals surface area contributed by atoms with Crippen LogP contribution in [-0.2, 0) is 16.1 Å². The Bertz CT molecular complexity index is 1330. The molecule has 1 amide bonds. The minimum atomic E-state index is -1.07. The Balaban J connectivity index is 1.86. The smallest absolute Gasteiger partial charge is 0.335 e. The maximum absolute atomic E-state index is 13.2. The van der Waals surface area contributed by atoms with Crippen LogP contribution >= 0.6 is 0 Å². The number of ketones is 1. The van der Waals surface area contributed by atoms with Crippen molar-refractivity contribution in [1.29, 1.82) is 0 Å². The third-order valence-electron chi connectivity index (χ3n) is 5.87. The van der Waals surface area contributed by atoms with Crippen LogP contribution in [0.2, 0.25) is 0 Å². The molecule has 3 aromatic rings. The first-order valence-electron chi connectivity index (χ1n) is 10.7. The van der Waals surface area contributed by atoms with Gasteiger partial charge in [0.05, 0.1) is 31.4 Å². The van der Waals surface area contributed by atoms with Gasteiger partial charge in [-0.1, -0.05) is 42.5 Å². The zero-order chi connectivity index (χ0) is 25.1. The lowest BCUT2D eigenvalue weighted by atomic mass is 9.94. The van der Waals surface area contributed by atoms with Gasteiger partial charge in [-0.15, -0.1) is 0 Å². The number of carbonyl (C=O) groups is 3. The number of benzene rings is 3. The first-order valence-corrected chi connectivity index (χ1v) is 10.7. The summed E-state index contributed by atoms with van der Waals surface area (Å²) in [6.07, 6.45) is 0. The Morgan fingerprint density at radius 2 is 1.60 bits per heavy atom. The summed E-state index contributed by atoms with van der Waals surface area (Å²) in [5, 5.41) is 20.4. The fourth-order valence-electron chi connectivity index (χ4n) is 4.13. The van der Waals surface area contributed by atoms with Gasteiger partial charge in [0.15, 0.2) is 0 Å². The van der Waals surface area contributed by atoms with Crippen LogP contribution in [0, 0.1) is 0 Å². The number of ether oxygens (including phenoxy) is 2. The summed E-state index contributed by atoms with van der Waals surface area (Å²) in [6, 6.07) is 18.6. The molecule has 0 bridgehead atoms. The number of aliphatic hydroxyl groups is 1. The van der Waals surface area contributed by atoms with E-state index >= 15 is 0 Å². The third kappa shape index (κ3) is 4.46. The highest BCUT2D eigenvalue weighted by Gasteiger charge is 2.47. The van der Waals surface area contributed by atoms with Crippen molar-refractivity contribution in [2.75, 3.05) is 14.2 Å². The van der Waals surface area contributed by atoms with E-state index in [1.54, 1.807) is 60.7 Å². The Labute approximate surface area is 201 Å². The number of hydrogen-bond donors (Lipinski definition) is 2. The zero-order valence-electron chi connectivity index (χ0n) is 19.1. The standard InChI is InChI=1S/C27H23NO7/c1-34-19-7-5-6-18(14-19)24(29)22-23(20-8-3-4-9-21(20)35-2)28(26(31)25(22)30)15-16-10-12-17(13-11-16)27(32)33/h3-14,23,29H,15H2,1-2H3,(H,32,33)/b24-22+. The number of hydrogen-bond acceptors (Lipinski definition) is 6. The van der Waals surface area contributed by atoms with E-state index in [1.807, 2.05) is 0 Å². The number of methoxy groups -OCH3 is 2. The number of rotatable bonds is 7. The van der Waals surface area contributed by atoms with E-state index in [4.69, 9.17) is 14.6 Å². The summed E-state index contributed by atoms with van der Waals surface area (Å²) in [5.74, 6) is -2.08. The predicted molar refractivity (Wildman–Crippen MR) is 127 cm³/mol. The number of aromatic carboxylic acids is 1.